The van der Waals surface area contributed by atoms with Crippen molar-refractivity contribution in [1.29, 1.82) is 0 Å². The standard InChI is InChI=1S/C12H18F3N3O2/c13-12(14,15)8(5-16)6-17-7-10(19)18-4-2-1-3-9(18)11(17)20/h8-9H,1-7,16H2. The third-order valence-electron chi connectivity index (χ3n) is 3.93. The first-order valence-corrected chi connectivity index (χ1v) is 6.69. The second-order valence-electron chi connectivity index (χ2n) is 5.29. The quantitative estimate of drug-likeness (QED) is 0.816. The van der Waals surface area contributed by atoms with Crippen molar-refractivity contribution in [3.8, 4) is 0 Å². The van der Waals surface area contributed by atoms with E-state index in [-0.39, 0.29) is 18.4 Å². The number of hydrogen-bond acceptors (Lipinski definition) is 3. The summed E-state index contributed by atoms with van der Waals surface area (Å²) in [6, 6.07) is -0.586. The molecule has 0 spiro atoms. The van der Waals surface area contributed by atoms with Crippen molar-refractivity contribution >= 4 is 11.8 Å². The molecule has 0 bridgehead atoms. The van der Waals surface area contributed by atoms with Crippen LogP contribution in [0.2, 0.25) is 0 Å². The van der Waals surface area contributed by atoms with Gasteiger partial charge in [-0.3, -0.25) is 9.59 Å². The van der Waals surface area contributed by atoms with Gasteiger partial charge in [0.2, 0.25) is 11.8 Å². The molecular weight excluding hydrogens is 275 g/mol. The number of nitrogens with zero attached hydrogens (tertiary/aromatic N) is 2. The summed E-state index contributed by atoms with van der Waals surface area (Å²) >= 11 is 0. The number of nitrogens with two attached hydrogens (primary N) is 1. The van der Waals surface area contributed by atoms with Crippen LogP contribution < -0.4 is 5.73 Å². The van der Waals surface area contributed by atoms with Gasteiger partial charge in [-0.2, -0.15) is 13.2 Å². The first kappa shape index (κ1) is 15.1. The minimum atomic E-state index is -4.46. The van der Waals surface area contributed by atoms with E-state index < -0.39 is 31.2 Å². The Labute approximate surface area is 114 Å². The highest BCUT2D eigenvalue weighted by atomic mass is 19.4. The van der Waals surface area contributed by atoms with E-state index in [4.69, 9.17) is 5.73 Å². The Hall–Kier alpha value is -1.31. The lowest BCUT2D eigenvalue weighted by atomic mass is 9.97. The summed E-state index contributed by atoms with van der Waals surface area (Å²) in [5, 5.41) is 0. The van der Waals surface area contributed by atoms with Crippen LogP contribution in [-0.4, -0.2) is 60.0 Å². The molecular formula is C12H18F3N3O2. The minimum Gasteiger partial charge on any atom is -0.331 e. The van der Waals surface area contributed by atoms with Gasteiger partial charge in [0.1, 0.15) is 6.04 Å². The number of hydrogen-bond donors (Lipinski definition) is 1. The largest absolute Gasteiger partial charge is 0.394 e. The van der Waals surface area contributed by atoms with Crippen LogP contribution in [0.5, 0.6) is 0 Å². The third kappa shape index (κ3) is 2.89. The van der Waals surface area contributed by atoms with E-state index in [0.717, 1.165) is 17.7 Å². The summed E-state index contributed by atoms with van der Waals surface area (Å²) < 4.78 is 38.2. The van der Waals surface area contributed by atoms with Crippen LogP contribution in [0.25, 0.3) is 0 Å². The SMILES string of the molecule is NCC(CN1CC(=O)N2CCCCC2C1=O)C(F)(F)F. The van der Waals surface area contributed by atoms with E-state index in [1.807, 2.05) is 0 Å². The predicted octanol–water partition coefficient (Wildman–Crippen LogP) is 0.347. The van der Waals surface area contributed by atoms with Crippen LogP contribution in [0, 0.1) is 5.92 Å². The zero-order valence-corrected chi connectivity index (χ0v) is 11.0. The number of rotatable bonds is 3. The van der Waals surface area contributed by atoms with E-state index >= 15 is 0 Å². The molecule has 0 radical (unpaired) electrons. The fraction of sp³-hybridized carbons (Fsp3) is 0.833. The highest BCUT2D eigenvalue weighted by molar-refractivity contribution is 5.95. The monoisotopic (exact) mass is 293 g/mol. The third-order valence-corrected chi connectivity index (χ3v) is 3.93. The Balaban J connectivity index is 2.09. The molecule has 0 aromatic carbocycles. The lowest BCUT2D eigenvalue weighted by Gasteiger charge is -2.43. The van der Waals surface area contributed by atoms with Gasteiger partial charge in [0.25, 0.3) is 0 Å². The van der Waals surface area contributed by atoms with Gasteiger partial charge < -0.3 is 15.5 Å². The van der Waals surface area contributed by atoms with Gasteiger partial charge in [-0.25, -0.2) is 0 Å². The van der Waals surface area contributed by atoms with Crippen molar-refractivity contribution in [2.75, 3.05) is 26.2 Å². The molecule has 2 aliphatic rings. The molecule has 0 aliphatic carbocycles. The van der Waals surface area contributed by atoms with Crippen molar-refractivity contribution in [3.05, 3.63) is 0 Å². The number of amides is 2. The number of alkyl halides is 3. The lowest BCUT2D eigenvalue weighted by Crippen LogP contribution is -2.62. The van der Waals surface area contributed by atoms with Gasteiger partial charge in [0.15, 0.2) is 0 Å². The molecule has 2 atom stereocenters. The molecule has 0 aromatic rings. The van der Waals surface area contributed by atoms with Crippen LogP contribution in [0.4, 0.5) is 13.2 Å². The van der Waals surface area contributed by atoms with E-state index in [0.29, 0.717) is 13.0 Å². The van der Waals surface area contributed by atoms with E-state index in [2.05, 4.69) is 0 Å². The van der Waals surface area contributed by atoms with Gasteiger partial charge in [-0.15, -0.1) is 0 Å². The Kier molecular flexibility index (Phi) is 4.22. The molecule has 0 aromatic heterocycles. The van der Waals surface area contributed by atoms with Crippen molar-refractivity contribution in [2.24, 2.45) is 11.7 Å². The summed E-state index contributed by atoms with van der Waals surface area (Å²) in [6.45, 7) is -0.880. The van der Waals surface area contributed by atoms with Crippen molar-refractivity contribution in [1.82, 2.24) is 9.80 Å². The molecule has 2 rings (SSSR count). The maximum absolute atomic E-state index is 12.7. The average molecular weight is 293 g/mol. The number of carbonyl (C=O) groups is 2. The molecule has 20 heavy (non-hydrogen) atoms. The number of piperidine rings is 1. The number of carbonyl (C=O) groups excluding carboxylic acids is 2. The molecule has 5 nitrogen and oxygen atoms in total. The maximum atomic E-state index is 12.7. The molecule has 2 heterocycles. The first-order valence-electron chi connectivity index (χ1n) is 6.69. The van der Waals surface area contributed by atoms with Gasteiger partial charge in [0, 0.05) is 19.6 Å². The van der Waals surface area contributed by atoms with Crippen LogP contribution in [0.1, 0.15) is 19.3 Å². The molecule has 2 fully saturated rings. The van der Waals surface area contributed by atoms with Crippen LogP contribution >= 0.6 is 0 Å². The molecule has 114 valence electrons. The molecule has 2 N–H and O–H groups in total. The normalized spacial score (nSPS) is 25.7. The van der Waals surface area contributed by atoms with Crippen LogP contribution in [-0.2, 0) is 9.59 Å². The average Bonchev–Trinajstić information content (AvgIpc) is 2.40. The summed E-state index contributed by atoms with van der Waals surface area (Å²) in [4.78, 5) is 26.6. The number of halogens is 3. The summed E-state index contributed by atoms with van der Waals surface area (Å²) in [5.41, 5.74) is 5.13. The van der Waals surface area contributed by atoms with Gasteiger partial charge >= 0.3 is 6.18 Å². The second kappa shape index (κ2) is 5.59. The van der Waals surface area contributed by atoms with Crippen molar-refractivity contribution in [3.63, 3.8) is 0 Å². The van der Waals surface area contributed by atoms with E-state index in [1.54, 1.807) is 0 Å². The predicted molar refractivity (Wildman–Crippen MR) is 64.5 cm³/mol. The Morgan fingerprint density at radius 2 is 2.00 bits per heavy atom. The zero-order valence-electron chi connectivity index (χ0n) is 11.0. The minimum absolute atomic E-state index is 0.271. The molecule has 2 saturated heterocycles. The van der Waals surface area contributed by atoms with E-state index in [9.17, 15) is 22.8 Å². The molecule has 2 amide bonds. The van der Waals surface area contributed by atoms with Gasteiger partial charge in [-0.1, -0.05) is 0 Å². The van der Waals surface area contributed by atoms with Crippen LogP contribution in [0.3, 0.4) is 0 Å². The Morgan fingerprint density at radius 1 is 1.30 bits per heavy atom. The number of piperazine rings is 1. The summed E-state index contributed by atoms with van der Waals surface area (Å²) in [7, 11) is 0. The first-order chi connectivity index (χ1) is 9.34. The van der Waals surface area contributed by atoms with E-state index in [1.165, 1.54) is 4.90 Å². The Bertz CT molecular complexity index is 400. The maximum Gasteiger partial charge on any atom is 0.394 e. The summed E-state index contributed by atoms with van der Waals surface area (Å²) in [5.74, 6) is -2.44. The fourth-order valence-electron chi connectivity index (χ4n) is 2.76. The van der Waals surface area contributed by atoms with Crippen molar-refractivity contribution in [2.45, 2.75) is 31.5 Å². The lowest BCUT2D eigenvalue weighted by molar-refractivity contribution is -0.182. The molecule has 2 aliphatic heterocycles. The summed E-state index contributed by atoms with van der Waals surface area (Å²) in [6.07, 6.45) is -2.28. The van der Waals surface area contributed by atoms with Crippen molar-refractivity contribution < 1.29 is 22.8 Å². The highest BCUT2D eigenvalue weighted by Crippen LogP contribution is 2.29. The fourth-order valence-corrected chi connectivity index (χ4v) is 2.76. The molecule has 0 saturated carbocycles. The highest BCUT2D eigenvalue weighted by Gasteiger charge is 2.45. The molecule has 2 unspecified atom stereocenters. The zero-order chi connectivity index (χ0) is 14.9. The topological polar surface area (TPSA) is 66.6 Å². The molecule has 8 heteroatoms. The van der Waals surface area contributed by atoms with Crippen LogP contribution in [0.15, 0.2) is 0 Å². The number of fused-ring (bicyclic) bond motifs is 1. The second-order valence-corrected chi connectivity index (χ2v) is 5.29. The van der Waals surface area contributed by atoms with Gasteiger partial charge in [-0.05, 0) is 19.3 Å². The van der Waals surface area contributed by atoms with Gasteiger partial charge in [0.05, 0.1) is 12.5 Å². The Morgan fingerprint density at radius 3 is 2.60 bits per heavy atom. The smallest absolute Gasteiger partial charge is 0.331 e.